The van der Waals surface area contributed by atoms with Crippen LogP contribution in [0.15, 0.2) is 77.7 Å². The van der Waals surface area contributed by atoms with Crippen molar-refractivity contribution in [2.24, 2.45) is 0 Å². The molecule has 226 valence electrons. The average molecular weight is 596 g/mol. The average Bonchev–Trinajstić information content (AvgIpc) is 2.95. The van der Waals surface area contributed by atoms with Gasteiger partial charge in [-0.3, -0.25) is 13.9 Å². The van der Waals surface area contributed by atoms with E-state index in [0.717, 1.165) is 15.4 Å². The van der Waals surface area contributed by atoms with Gasteiger partial charge in [-0.05, 0) is 69.5 Å². The lowest BCUT2D eigenvalue weighted by Crippen LogP contribution is -2.55. The molecule has 1 atom stereocenters. The van der Waals surface area contributed by atoms with Crippen LogP contribution in [0.4, 0.5) is 5.69 Å². The number of amides is 2. The molecule has 0 saturated carbocycles. The fourth-order valence-corrected chi connectivity index (χ4v) is 6.00. The van der Waals surface area contributed by atoms with Crippen LogP contribution in [-0.2, 0) is 26.2 Å². The monoisotopic (exact) mass is 595 g/mol. The summed E-state index contributed by atoms with van der Waals surface area (Å²) in [5.41, 5.74) is 1.50. The number of hydrogen-bond acceptors (Lipinski definition) is 6. The van der Waals surface area contributed by atoms with Gasteiger partial charge in [-0.15, -0.1) is 0 Å². The lowest BCUT2D eigenvalue weighted by Gasteiger charge is -2.35. The zero-order valence-electron chi connectivity index (χ0n) is 25.4. The van der Waals surface area contributed by atoms with Crippen molar-refractivity contribution in [2.45, 2.75) is 64.1 Å². The highest BCUT2D eigenvalue weighted by molar-refractivity contribution is 7.92. The first-order chi connectivity index (χ1) is 19.8. The summed E-state index contributed by atoms with van der Waals surface area (Å²) >= 11 is 0. The summed E-state index contributed by atoms with van der Waals surface area (Å²) in [7, 11) is -1.27. The Morgan fingerprint density at radius 2 is 1.52 bits per heavy atom. The Kier molecular flexibility index (Phi) is 10.6. The Labute approximate surface area is 249 Å². The summed E-state index contributed by atoms with van der Waals surface area (Å²) in [6.45, 7) is 8.97. The number of sulfonamides is 1. The third-order valence-corrected chi connectivity index (χ3v) is 8.54. The first-order valence-electron chi connectivity index (χ1n) is 13.8. The van der Waals surface area contributed by atoms with Crippen molar-refractivity contribution < 1.29 is 27.5 Å². The van der Waals surface area contributed by atoms with E-state index in [1.54, 1.807) is 30.3 Å². The highest BCUT2D eigenvalue weighted by Crippen LogP contribution is 2.34. The fraction of sp³-hybridized carbons (Fsp3) is 0.375. The molecule has 1 N–H and O–H groups in total. The molecule has 3 rings (SSSR count). The lowest BCUT2D eigenvalue weighted by molar-refractivity contribution is -0.141. The second-order valence-corrected chi connectivity index (χ2v) is 12.8. The van der Waals surface area contributed by atoms with Gasteiger partial charge in [-0.1, -0.05) is 49.4 Å². The van der Waals surface area contributed by atoms with Crippen LogP contribution < -0.4 is 19.1 Å². The topological polar surface area (TPSA) is 105 Å². The first kappa shape index (κ1) is 32.5. The van der Waals surface area contributed by atoms with E-state index < -0.39 is 34.1 Å². The van der Waals surface area contributed by atoms with Crippen LogP contribution in [0, 0.1) is 6.92 Å². The minimum atomic E-state index is -4.20. The molecule has 0 aromatic heterocycles. The maximum Gasteiger partial charge on any atom is 0.264 e. The van der Waals surface area contributed by atoms with E-state index in [0.29, 0.717) is 17.9 Å². The smallest absolute Gasteiger partial charge is 0.264 e. The Morgan fingerprint density at radius 1 is 0.905 bits per heavy atom. The van der Waals surface area contributed by atoms with Gasteiger partial charge in [0.25, 0.3) is 10.0 Å². The van der Waals surface area contributed by atoms with Crippen molar-refractivity contribution in [3.05, 3.63) is 83.9 Å². The Morgan fingerprint density at radius 3 is 2.10 bits per heavy atom. The third-order valence-electron chi connectivity index (χ3n) is 6.75. The van der Waals surface area contributed by atoms with Gasteiger partial charge in [0.1, 0.15) is 12.6 Å². The number of hydrogen-bond donors (Lipinski definition) is 1. The Hall–Kier alpha value is -4.05. The minimum Gasteiger partial charge on any atom is -0.493 e. The third kappa shape index (κ3) is 7.82. The van der Waals surface area contributed by atoms with E-state index in [1.165, 1.54) is 37.3 Å². The standard InChI is InChI=1S/C32H41N3O6S/c1-8-27(31(37)33-32(3,4)5)34(21-24-15-13-12-14-23(24)2)30(36)22-35(42(38,39)26-16-10-9-11-17-26)25-18-19-28(40-6)29(20-25)41-7/h9-20,27H,8,21-22H2,1-7H3,(H,33,37)/t27-/m0/s1. The van der Waals surface area contributed by atoms with Crippen molar-refractivity contribution in [2.75, 3.05) is 25.1 Å². The molecule has 0 unspecified atom stereocenters. The van der Waals surface area contributed by atoms with Crippen molar-refractivity contribution in [1.82, 2.24) is 10.2 Å². The van der Waals surface area contributed by atoms with Crippen molar-refractivity contribution in [1.29, 1.82) is 0 Å². The molecule has 42 heavy (non-hydrogen) atoms. The maximum absolute atomic E-state index is 14.3. The molecule has 2 amide bonds. The summed E-state index contributed by atoms with van der Waals surface area (Å²) < 4.78 is 39.9. The molecule has 0 spiro atoms. The first-order valence-corrected chi connectivity index (χ1v) is 15.2. The number of carbonyl (C=O) groups is 2. The van der Waals surface area contributed by atoms with E-state index >= 15 is 0 Å². The second-order valence-electron chi connectivity index (χ2n) is 11.0. The van der Waals surface area contributed by atoms with Gasteiger partial charge in [0.2, 0.25) is 11.8 Å². The number of ether oxygens (including phenoxy) is 2. The molecule has 9 nitrogen and oxygen atoms in total. The molecular weight excluding hydrogens is 554 g/mol. The normalized spacial score (nSPS) is 12.3. The number of benzene rings is 3. The van der Waals surface area contributed by atoms with Crippen LogP contribution in [-0.4, -0.2) is 57.5 Å². The minimum absolute atomic E-state index is 0.0237. The molecule has 0 bridgehead atoms. The number of methoxy groups -OCH3 is 2. The van der Waals surface area contributed by atoms with Gasteiger partial charge < -0.3 is 19.7 Å². The van der Waals surface area contributed by atoms with Gasteiger partial charge in [-0.2, -0.15) is 0 Å². The van der Waals surface area contributed by atoms with Crippen LogP contribution in [0.2, 0.25) is 0 Å². The van der Waals surface area contributed by atoms with Gasteiger partial charge in [0.05, 0.1) is 24.8 Å². The molecule has 0 radical (unpaired) electrons. The summed E-state index contributed by atoms with van der Waals surface area (Å²) in [6, 6.07) is 19.4. The van der Waals surface area contributed by atoms with E-state index in [1.807, 2.05) is 58.9 Å². The van der Waals surface area contributed by atoms with Crippen LogP contribution in [0.25, 0.3) is 0 Å². The molecule has 0 aliphatic heterocycles. The molecule has 3 aromatic carbocycles. The molecule has 0 saturated heterocycles. The highest BCUT2D eigenvalue weighted by Gasteiger charge is 2.35. The van der Waals surface area contributed by atoms with Gasteiger partial charge in [0.15, 0.2) is 11.5 Å². The van der Waals surface area contributed by atoms with Crippen LogP contribution in [0.5, 0.6) is 11.5 Å². The van der Waals surface area contributed by atoms with Crippen molar-refractivity contribution in [3.63, 3.8) is 0 Å². The fourth-order valence-electron chi connectivity index (χ4n) is 4.57. The molecular formula is C32H41N3O6S. The summed E-state index contributed by atoms with van der Waals surface area (Å²) in [6.07, 6.45) is 0.335. The summed E-state index contributed by atoms with van der Waals surface area (Å²) in [5, 5.41) is 2.98. The van der Waals surface area contributed by atoms with Crippen molar-refractivity contribution in [3.8, 4) is 11.5 Å². The van der Waals surface area contributed by atoms with Gasteiger partial charge in [-0.25, -0.2) is 8.42 Å². The van der Waals surface area contributed by atoms with E-state index in [2.05, 4.69) is 5.32 Å². The molecule has 10 heteroatoms. The predicted molar refractivity (Wildman–Crippen MR) is 164 cm³/mol. The molecule has 3 aromatic rings. The molecule has 0 aliphatic rings. The number of anilines is 1. The number of rotatable bonds is 12. The largest absolute Gasteiger partial charge is 0.493 e. The lowest BCUT2D eigenvalue weighted by atomic mass is 10.0. The number of nitrogens with zero attached hydrogens (tertiary/aromatic N) is 2. The summed E-state index contributed by atoms with van der Waals surface area (Å²) in [5.74, 6) is -0.113. The number of nitrogens with one attached hydrogen (secondary N) is 1. The molecule has 0 fully saturated rings. The van der Waals surface area contributed by atoms with Gasteiger partial charge >= 0.3 is 0 Å². The van der Waals surface area contributed by atoms with Crippen LogP contribution >= 0.6 is 0 Å². The molecule has 0 aliphatic carbocycles. The highest BCUT2D eigenvalue weighted by atomic mass is 32.2. The Balaban J connectivity index is 2.13. The SMILES string of the molecule is CC[C@@H](C(=O)NC(C)(C)C)N(Cc1ccccc1C)C(=O)CN(c1ccc(OC)c(OC)c1)S(=O)(=O)c1ccccc1. The number of aryl methyl sites for hydroxylation is 1. The zero-order valence-corrected chi connectivity index (χ0v) is 26.2. The predicted octanol–water partition coefficient (Wildman–Crippen LogP) is 4.93. The van der Waals surface area contributed by atoms with E-state index in [-0.39, 0.29) is 23.0 Å². The van der Waals surface area contributed by atoms with Crippen molar-refractivity contribution >= 4 is 27.5 Å². The zero-order chi connectivity index (χ0) is 31.1. The quantitative estimate of drug-likeness (QED) is 0.318. The Bertz CT molecular complexity index is 1490. The van der Waals surface area contributed by atoms with E-state index in [4.69, 9.17) is 9.47 Å². The number of carbonyl (C=O) groups excluding carboxylic acids is 2. The van der Waals surface area contributed by atoms with Gasteiger partial charge in [0, 0.05) is 18.2 Å². The van der Waals surface area contributed by atoms with Crippen LogP contribution in [0.1, 0.15) is 45.2 Å². The maximum atomic E-state index is 14.3. The molecule has 0 heterocycles. The van der Waals surface area contributed by atoms with Crippen LogP contribution in [0.3, 0.4) is 0 Å². The van der Waals surface area contributed by atoms with E-state index in [9.17, 15) is 18.0 Å². The summed E-state index contributed by atoms with van der Waals surface area (Å²) in [4.78, 5) is 29.2. The second kappa shape index (κ2) is 13.7.